The predicted molar refractivity (Wildman–Crippen MR) is 35.4 cm³/mol. The molecule has 2 saturated heterocycles. The molecule has 0 N–H and O–H groups in total. The van der Waals surface area contributed by atoms with Crippen LogP contribution in [0.15, 0.2) is 0 Å². The molecule has 0 aromatic carbocycles. The molecule has 0 aromatic heterocycles. The van der Waals surface area contributed by atoms with Gasteiger partial charge in [-0.25, -0.2) is 0 Å². The Morgan fingerprint density at radius 3 is 0.778 bits per heavy atom. The molecule has 2 aliphatic rings. The van der Waals surface area contributed by atoms with Crippen molar-refractivity contribution in [1.82, 2.24) is 0 Å². The Balaban J connectivity index is 0.000000128. The van der Waals surface area contributed by atoms with Gasteiger partial charge in [0.25, 0.3) is 0 Å². The first-order valence-corrected chi connectivity index (χ1v) is 3.26. The van der Waals surface area contributed by atoms with Crippen LogP contribution in [0.3, 0.4) is 0 Å². The second-order valence-electron chi connectivity index (χ2n) is 2.05. The summed E-state index contributed by atoms with van der Waals surface area (Å²) in [5.74, 6) is 0. The van der Waals surface area contributed by atoms with Crippen molar-refractivity contribution in [1.29, 1.82) is 0 Å². The summed E-state index contributed by atoms with van der Waals surface area (Å²) >= 11 is 0. The van der Waals surface area contributed by atoms with Crippen LogP contribution in [-0.2, 0) is 32.7 Å². The zero-order valence-corrected chi connectivity index (χ0v) is 8.55. The summed E-state index contributed by atoms with van der Waals surface area (Å²) in [6.07, 6.45) is 2.67. The van der Waals surface area contributed by atoms with E-state index in [9.17, 15) is 0 Å². The molecule has 0 spiro atoms. The Bertz CT molecular complexity index is 35.0. The summed E-state index contributed by atoms with van der Waals surface area (Å²) in [4.78, 5) is 0. The van der Waals surface area contributed by atoms with E-state index in [1.54, 1.807) is 0 Å². The molecule has 2 nitrogen and oxygen atoms in total. The number of hydrogen-bond acceptors (Lipinski definition) is 0. The quantitative estimate of drug-likeness (QED) is 0.568. The molecule has 3 heteroatoms. The van der Waals surface area contributed by atoms with Crippen LogP contribution in [0.5, 0.6) is 0 Å². The third-order valence-corrected chi connectivity index (χ3v) is 1.26. The van der Waals surface area contributed by atoms with Gasteiger partial charge in [0.1, 0.15) is 0 Å². The number of rotatable bonds is 0. The summed E-state index contributed by atoms with van der Waals surface area (Å²) in [5, 5.41) is 7.83. The SMILES string of the molecule is C1C[N-]C1.C1C[N-]C1.[Y+3]. The van der Waals surface area contributed by atoms with Gasteiger partial charge in [-0.15, -0.1) is 0 Å². The minimum Gasteiger partial charge on any atom is -0.662 e. The van der Waals surface area contributed by atoms with Gasteiger partial charge in [0.05, 0.1) is 0 Å². The van der Waals surface area contributed by atoms with Gasteiger partial charge in [0.2, 0.25) is 0 Å². The van der Waals surface area contributed by atoms with E-state index in [0.717, 1.165) is 26.2 Å². The molecule has 9 heavy (non-hydrogen) atoms. The second kappa shape index (κ2) is 7.13. The normalized spacial score (nSPS) is 21.3. The van der Waals surface area contributed by atoms with Crippen LogP contribution in [0, 0.1) is 0 Å². The van der Waals surface area contributed by atoms with Crippen molar-refractivity contribution in [3.8, 4) is 0 Å². The van der Waals surface area contributed by atoms with Crippen molar-refractivity contribution in [3.05, 3.63) is 10.6 Å². The topological polar surface area (TPSA) is 28.2 Å². The Morgan fingerprint density at radius 2 is 0.778 bits per heavy atom. The summed E-state index contributed by atoms with van der Waals surface area (Å²) in [7, 11) is 0. The first-order chi connectivity index (χ1) is 4.00. The fourth-order valence-electron chi connectivity index (χ4n) is 0.316. The van der Waals surface area contributed by atoms with Crippen molar-refractivity contribution in [2.24, 2.45) is 0 Å². The molecule has 2 fully saturated rings. The fourth-order valence-corrected chi connectivity index (χ4v) is 0.316. The van der Waals surface area contributed by atoms with Crippen molar-refractivity contribution in [2.45, 2.75) is 12.8 Å². The zero-order chi connectivity index (χ0) is 5.66. The average molecular weight is 201 g/mol. The van der Waals surface area contributed by atoms with E-state index >= 15 is 0 Å². The van der Waals surface area contributed by atoms with Gasteiger partial charge in [-0.05, 0) is 0 Å². The summed E-state index contributed by atoms with van der Waals surface area (Å²) in [6.45, 7) is 4.50. The molecule has 2 rings (SSSR count). The molecule has 2 aliphatic heterocycles. The van der Waals surface area contributed by atoms with Gasteiger partial charge >= 0.3 is 32.7 Å². The van der Waals surface area contributed by atoms with Crippen LogP contribution in [-0.4, -0.2) is 26.2 Å². The Hall–Kier alpha value is 1.02. The molecule has 48 valence electrons. The molecular formula is C6H12N2Y+. The largest absolute Gasteiger partial charge is 3.00 e. The van der Waals surface area contributed by atoms with Gasteiger partial charge in [-0.3, -0.25) is 0 Å². The maximum atomic E-state index is 3.92. The van der Waals surface area contributed by atoms with Gasteiger partial charge in [0, 0.05) is 0 Å². The summed E-state index contributed by atoms with van der Waals surface area (Å²) in [5.41, 5.74) is 0. The third-order valence-electron chi connectivity index (χ3n) is 1.26. The third kappa shape index (κ3) is 5.47. The van der Waals surface area contributed by atoms with Crippen molar-refractivity contribution in [3.63, 3.8) is 0 Å². The van der Waals surface area contributed by atoms with Gasteiger partial charge in [-0.2, -0.15) is 26.2 Å². The van der Waals surface area contributed by atoms with E-state index in [4.69, 9.17) is 0 Å². The Labute approximate surface area is 82.0 Å². The molecular weight excluding hydrogens is 189 g/mol. The van der Waals surface area contributed by atoms with Crippen LogP contribution in [0.1, 0.15) is 12.8 Å². The Morgan fingerprint density at radius 1 is 0.667 bits per heavy atom. The van der Waals surface area contributed by atoms with Gasteiger partial charge in [0.15, 0.2) is 0 Å². The molecule has 0 unspecified atom stereocenters. The smallest absolute Gasteiger partial charge is 0.662 e. The zero-order valence-electron chi connectivity index (χ0n) is 5.71. The van der Waals surface area contributed by atoms with E-state index < -0.39 is 0 Å². The van der Waals surface area contributed by atoms with Gasteiger partial charge in [-0.1, -0.05) is 12.8 Å². The first kappa shape index (κ1) is 10.0. The van der Waals surface area contributed by atoms with Crippen LogP contribution in [0.25, 0.3) is 10.6 Å². The molecule has 0 radical (unpaired) electrons. The van der Waals surface area contributed by atoms with Crippen LogP contribution in [0.2, 0.25) is 0 Å². The Kier molecular flexibility index (Phi) is 7.95. The maximum Gasteiger partial charge on any atom is 3.00 e. The summed E-state index contributed by atoms with van der Waals surface area (Å²) in [6, 6.07) is 0. The van der Waals surface area contributed by atoms with E-state index in [1.165, 1.54) is 12.8 Å². The molecule has 0 aromatic rings. The molecule has 0 saturated carbocycles. The van der Waals surface area contributed by atoms with Crippen molar-refractivity contribution >= 4 is 0 Å². The van der Waals surface area contributed by atoms with Crippen LogP contribution >= 0.6 is 0 Å². The number of nitrogens with zero attached hydrogens (tertiary/aromatic N) is 2. The fraction of sp³-hybridized carbons (Fsp3) is 1.00. The average Bonchev–Trinajstić information content (AvgIpc) is 1.12. The van der Waals surface area contributed by atoms with Crippen LogP contribution in [0.4, 0.5) is 0 Å². The first-order valence-electron chi connectivity index (χ1n) is 3.26. The number of hydrogen-bond donors (Lipinski definition) is 0. The minimum absolute atomic E-state index is 0. The van der Waals surface area contributed by atoms with Crippen molar-refractivity contribution in [2.75, 3.05) is 26.2 Å². The van der Waals surface area contributed by atoms with Crippen LogP contribution < -0.4 is 0 Å². The van der Waals surface area contributed by atoms with E-state index in [-0.39, 0.29) is 32.7 Å². The molecule has 0 bridgehead atoms. The molecule has 0 amide bonds. The molecule has 0 aliphatic carbocycles. The minimum atomic E-state index is 0. The van der Waals surface area contributed by atoms with E-state index in [0.29, 0.717) is 0 Å². The maximum absolute atomic E-state index is 3.92. The standard InChI is InChI=1S/2C3H6N.Y/c2*1-2-4-3-1;/h2*1-3H2;/q2*-1;+3. The van der Waals surface area contributed by atoms with E-state index in [1.807, 2.05) is 0 Å². The van der Waals surface area contributed by atoms with Gasteiger partial charge < -0.3 is 10.6 Å². The van der Waals surface area contributed by atoms with Crippen molar-refractivity contribution < 1.29 is 32.7 Å². The van der Waals surface area contributed by atoms with E-state index in [2.05, 4.69) is 10.6 Å². The monoisotopic (exact) mass is 201 g/mol. The molecule has 0 atom stereocenters. The predicted octanol–water partition coefficient (Wildman–Crippen LogP) is 1.53. The second-order valence-corrected chi connectivity index (χ2v) is 2.05. The summed E-state index contributed by atoms with van der Waals surface area (Å²) < 4.78 is 0. The molecule has 2 heterocycles.